The van der Waals surface area contributed by atoms with E-state index in [9.17, 15) is 8.42 Å². The van der Waals surface area contributed by atoms with E-state index in [1.807, 2.05) is 41.1 Å². The SMILES string of the molecule is COc1ccccc1Cn1cc(-c2cccc(NS(=O)(=O)c3cccs3)c2)nc1N. The van der Waals surface area contributed by atoms with Crippen LogP contribution in [0.25, 0.3) is 11.3 Å². The minimum atomic E-state index is -3.62. The number of benzene rings is 2. The molecule has 154 valence electrons. The largest absolute Gasteiger partial charge is 0.496 e. The van der Waals surface area contributed by atoms with Gasteiger partial charge < -0.3 is 15.0 Å². The second-order valence-corrected chi connectivity index (χ2v) is 9.40. The van der Waals surface area contributed by atoms with Gasteiger partial charge in [0, 0.05) is 23.0 Å². The molecule has 2 heterocycles. The first kappa shape index (κ1) is 20.0. The summed E-state index contributed by atoms with van der Waals surface area (Å²) in [5.41, 5.74) is 8.97. The van der Waals surface area contributed by atoms with E-state index in [4.69, 9.17) is 10.5 Å². The Balaban J connectivity index is 1.60. The Morgan fingerprint density at radius 3 is 2.73 bits per heavy atom. The summed E-state index contributed by atoms with van der Waals surface area (Å²) in [4.78, 5) is 4.44. The van der Waals surface area contributed by atoms with Gasteiger partial charge in [0.15, 0.2) is 0 Å². The summed E-state index contributed by atoms with van der Waals surface area (Å²) in [6.07, 6.45) is 1.84. The van der Waals surface area contributed by atoms with Crippen LogP contribution in [-0.2, 0) is 16.6 Å². The van der Waals surface area contributed by atoms with Gasteiger partial charge in [0.05, 0.1) is 19.3 Å². The summed E-state index contributed by atoms with van der Waals surface area (Å²) in [5.74, 6) is 1.14. The molecule has 0 unspecified atom stereocenters. The van der Waals surface area contributed by atoms with Gasteiger partial charge in [-0.3, -0.25) is 4.72 Å². The molecule has 0 bridgehead atoms. The fraction of sp³-hybridized carbons (Fsp3) is 0.0952. The van der Waals surface area contributed by atoms with Gasteiger partial charge in [0.25, 0.3) is 10.0 Å². The van der Waals surface area contributed by atoms with E-state index >= 15 is 0 Å². The Morgan fingerprint density at radius 2 is 1.97 bits per heavy atom. The van der Waals surface area contributed by atoms with Crippen LogP contribution < -0.4 is 15.2 Å². The van der Waals surface area contributed by atoms with Crippen LogP contribution in [0.5, 0.6) is 5.75 Å². The molecule has 0 spiro atoms. The van der Waals surface area contributed by atoms with E-state index in [-0.39, 0.29) is 4.21 Å². The molecule has 4 rings (SSSR count). The average Bonchev–Trinajstić information content (AvgIpc) is 3.40. The lowest BCUT2D eigenvalue weighted by atomic mass is 10.1. The van der Waals surface area contributed by atoms with Gasteiger partial charge in [-0.1, -0.05) is 36.4 Å². The summed E-state index contributed by atoms with van der Waals surface area (Å²) in [7, 11) is -1.99. The number of nitrogens with one attached hydrogen (secondary N) is 1. The van der Waals surface area contributed by atoms with E-state index in [1.165, 1.54) is 11.3 Å². The minimum Gasteiger partial charge on any atom is -0.496 e. The number of anilines is 2. The van der Waals surface area contributed by atoms with Crippen molar-refractivity contribution in [1.29, 1.82) is 0 Å². The number of imidazole rings is 1. The van der Waals surface area contributed by atoms with Crippen LogP contribution in [0.4, 0.5) is 11.6 Å². The van der Waals surface area contributed by atoms with Gasteiger partial charge in [-0.15, -0.1) is 11.3 Å². The summed E-state index contributed by atoms with van der Waals surface area (Å²) in [6.45, 7) is 0.507. The number of nitrogens with zero attached hydrogens (tertiary/aromatic N) is 2. The van der Waals surface area contributed by atoms with E-state index in [0.717, 1.165) is 16.9 Å². The number of hydrogen-bond donors (Lipinski definition) is 2. The number of nitrogens with two attached hydrogens (primary N) is 1. The molecule has 0 amide bonds. The lowest BCUT2D eigenvalue weighted by Crippen LogP contribution is -2.11. The van der Waals surface area contributed by atoms with Crippen LogP contribution in [0.1, 0.15) is 5.56 Å². The van der Waals surface area contributed by atoms with Gasteiger partial charge >= 0.3 is 0 Å². The van der Waals surface area contributed by atoms with Crippen molar-refractivity contribution in [2.24, 2.45) is 0 Å². The standard InChI is InChI=1S/C21H20N4O3S2/c1-28-19-9-3-2-6-16(19)13-25-14-18(23-21(25)22)15-7-4-8-17(12-15)24-30(26,27)20-10-5-11-29-20/h2-12,14,24H,13H2,1H3,(H2,22,23). The number of thiophene rings is 1. The average molecular weight is 441 g/mol. The van der Waals surface area contributed by atoms with Crippen LogP contribution in [0.15, 0.2) is 76.4 Å². The fourth-order valence-corrected chi connectivity index (χ4v) is 5.12. The van der Waals surface area contributed by atoms with Crippen molar-refractivity contribution < 1.29 is 13.2 Å². The number of methoxy groups -OCH3 is 1. The molecular formula is C21H20N4O3S2. The molecule has 3 N–H and O–H groups in total. The molecule has 30 heavy (non-hydrogen) atoms. The zero-order valence-corrected chi connectivity index (χ0v) is 17.8. The molecule has 2 aromatic carbocycles. The molecule has 0 saturated carbocycles. The number of aromatic nitrogens is 2. The van der Waals surface area contributed by atoms with E-state index in [0.29, 0.717) is 23.9 Å². The Morgan fingerprint density at radius 1 is 1.13 bits per heavy atom. The van der Waals surface area contributed by atoms with Crippen LogP contribution >= 0.6 is 11.3 Å². The normalized spacial score (nSPS) is 11.4. The van der Waals surface area contributed by atoms with Crippen LogP contribution in [-0.4, -0.2) is 25.1 Å². The Hall–Kier alpha value is -3.30. The highest BCUT2D eigenvalue weighted by molar-refractivity contribution is 7.94. The first-order valence-electron chi connectivity index (χ1n) is 9.07. The van der Waals surface area contributed by atoms with E-state index in [1.54, 1.807) is 42.8 Å². The molecule has 0 aliphatic heterocycles. The molecule has 0 aliphatic rings. The highest BCUT2D eigenvalue weighted by Gasteiger charge is 2.16. The van der Waals surface area contributed by atoms with E-state index < -0.39 is 10.0 Å². The molecule has 0 aliphatic carbocycles. The summed E-state index contributed by atoms with van der Waals surface area (Å²) < 4.78 is 35.1. The molecule has 7 nitrogen and oxygen atoms in total. The maximum atomic E-state index is 12.5. The predicted octanol–water partition coefficient (Wildman–Crippen LogP) is 4.05. The van der Waals surface area contributed by atoms with Crippen molar-refractivity contribution in [2.75, 3.05) is 17.6 Å². The number of nitrogen functional groups attached to an aromatic ring is 1. The Bertz CT molecular complexity index is 1270. The van der Waals surface area contributed by atoms with Crippen molar-refractivity contribution in [3.05, 3.63) is 77.8 Å². The van der Waals surface area contributed by atoms with Crippen LogP contribution in [0.2, 0.25) is 0 Å². The highest BCUT2D eigenvalue weighted by atomic mass is 32.2. The van der Waals surface area contributed by atoms with Crippen molar-refractivity contribution in [3.8, 4) is 17.0 Å². The van der Waals surface area contributed by atoms with Gasteiger partial charge in [-0.25, -0.2) is 13.4 Å². The second kappa shape index (κ2) is 8.21. The molecule has 0 radical (unpaired) electrons. The van der Waals surface area contributed by atoms with E-state index in [2.05, 4.69) is 9.71 Å². The van der Waals surface area contributed by atoms with Gasteiger partial charge in [-0.05, 0) is 29.6 Å². The summed E-state index contributed by atoms with van der Waals surface area (Å²) >= 11 is 1.17. The molecule has 9 heteroatoms. The molecule has 0 fully saturated rings. The van der Waals surface area contributed by atoms with Crippen molar-refractivity contribution in [3.63, 3.8) is 0 Å². The lowest BCUT2D eigenvalue weighted by Gasteiger charge is -2.09. The smallest absolute Gasteiger partial charge is 0.271 e. The first-order chi connectivity index (χ1) is 14.5. The molecule has 4 aromatic rings. The lowest BCUT2D eigenvalue weighted by molar-refractivity contribution is 0.408. The predicted molar refractivity (Wildman–Crippen MR) is 119 cm³/mol. The quantitative estimate of drug-likeness (QED) is 0.452. The maximum Gasteiger partial charge on any atom is 0.271 e. The number of para-hydroxylation sites is 1. The maximum absolute atomic E-state index is 12.5. The number of hydrogen-bond acceptors (Lipinski definition) is 6. The first-order valence-corrected chi connectivity index (χ1v) is 11.4. The monoisotopic (exact) mass is 440 g/mol. The Labute approximate surface area is 178 Å². The second-order valence-electron chi connectivity index (χ2n) is 6.54. The third-order valence-electron chi connectivity index (χ3n) is 4.51. The molecule has 0 atom stereocenters. The van der Waals surface area contributed by atoms with Crippen LogP contribution in [0, 0.1) is 0 Å². The summed E-state index contributed by atoms with van der Waals surface area (Å²) in [6, 6.07) is 18.1. The van der Waals surface area contributed by atoms with Crippen molar-refractivity contribution in [2.45, 2.75) is 10.8 Å². The topological polar surface area (TPSA) is 99.2 Å². The van der Waals surface area contributed by atoms with Gasteiger partial charge in [-0.2, -0.15) is 0 Å². The minimum absolute atomic E-state index is 0.262. The van der Waals surface area contributed by atoms with Gasteiger partial charge in [0.1, 0.15) is 9.96 Å². The molecule has 0 saturated heterocycles. The number of rotatable bonds is 7. The zero-order chi connectivity index (χ0) is 21.1. The molecule has 2 aromatic heterocycles. The number of sulfonamides is 1. The number of ether oxygens (including phenoxy) is 1. The Kier molecular flexibility index (Phi) is 5.47. The fourth-order valence-electron chi connectivity index (χ4n) is 3.08. The van der Waals surface area contributed by atoms with Gasteiger partial charge in [0.2, 0.25) is 5.95 Å². The highest BCUT2D eigenvalue weighted by Crippen LogP contribution is 2.27. The van der Waals surface area contributed by atoms with Crippen LogP contribution in [0.3, 0.4) is 0 Å². The molecular weight excluding hydrogens is 420 g/mol. The van der Waals surface area contributed by atoms with Crippen molar-refractivity contribution >= 4 is 33.0 Å². The summed E-state index contributed by atoms with van der Waals surface area (Å²) in [5, 5.41) is 1.72. The third-order valence-corrected chi connectivity index (χ3v) is 7.29. The zero-order valence-electron chi connectivity index (χ0n) is 16.1. The van der Waals surface area contributed by atoms with Crippen molar-refractivity contribution in [1.82, 2.24) is 9.55 Å². The third kappa shape index (κ3) is 4.17.